The average Bonchev–Trinajstić information content (AvgIpc) is 2.52. The number of ether oxygens (including phenoxy) is 1. The van der Waals surface area contributed by atoms with Crippen LogP contribution in [0.3, 0.4) is 0 Å². The molecule has 0 aliphatic heterocycles. The first kappa shape index (κ1) is 15.7. The van der Waals surface area contributed by atoms with Gasteiger partial charge in [-0.25, -0.2) is 0 Å². The summed E-state index contributed by atoms with van der Waals surface area (Å²) in [5, 5.41) is 3.42. The van der Waals surface area contributed by atoms with E-state index in [2.05, 4.69) is 54.5 Å². The van der Waals surface area contributed by atoms with Crippen LogP contribution in [0.25, 0.3) is 11.1 Å². The first-order valence-corrected chi connectivity index (χ1v) is 7.44. The molecule has 1 N–H and O–H groups in total. The third-order valence-corrected chi connectivity index (χ3v) is 3.39. The van der Waals surface area contributed by atoms with Crippen molar-refractivity contribution in [2.24, 2.45) is 0 Å². The van der Waals surface area contributed by atoms with Crippen molar-refractivity contribution in [2.45, 2.75) is 32.9 Å². The fraction of sp³-hybridized carbons (Fsp3) is 0.389. The minimum Gasteiger partial charge on any atom is -0.384 e. The number of hydrogen-bond donors (Lipinski definition) is 1. The van der Waals surface area contributed by atoms with Gasteiger partial charge in [0.15, 0.2) is 0 Å². The number of pyridine rings is 1. The molecule has 0 aliphatic carbocycles. The minimum absolute atomic E-state index is 0.480. The van der Waals surface area contributed by atoms with Gasteiger partial charge < -0.3 is 10.1 Å². The Morgan fingerprint density at radius 3 is 2.48 bits per heavy atom. The van der Waals surface area contributed by atoms with Gasteiger partial charge in [-0.05, 0) is 29.2 Å². The second-order valence-corrected chi connectivity index (χ2v) is 5.56. The molecule has 0 radical (unpaired) electrons. The molecule has 112 valence electrons. The maximum Gasteiger partial charge on any atom is 0.0502 e. The lowest BCUT2D eigenvalue weighted by Crippen LogP contribution is -2.21. The molecule has 1 heterocycles. The van der Waals surface area contributed by atoms with Crippen LogP contribution in [-0.2, 0) is 17.7 Å². The second-order valence-electron chi connectivity index (χ2n) is 5.56. The number of aromatic nitrogens is 1. The van der Waals surface area contributed by atoms with E-state index in [1.807, 2.05) is 12.4 Å². The van der Waals surface area contributed by atoms with Crippen molar-refractivity contribution in [3.05, 3.63) is 53.9 Å². The van der Waals surface area contributed by atoms with Crippen LogP contribution < -0.4 is 5.32 Å². The highest BCUT2D eigenvalue weighted by Crippen LogP contribution is 2.20. The molecule has 1 aromatic carbocycles. The van der Waals surface area contributed by atoms with Crippen molar-refractivity contribution < 1.29 is 4.74 Å². The summed E-state index contributed by atoms with van der Waals surface area (Å²) in [4.78, 5) is 4.35. The van der Waals surface area contributed by atoms with E-state index < -0.39 is 0 Å². The third-order valence-electron chi connectivity index (χ3n) is 3.39. The van der Waals surface area contributed by atoms with Gasteiger partial charge in [0.2, 0.25) is 0 Å². The summed E-state index contributed by atoms with van der Waals surface area (Å²) in [5.74, 6) is 0. The van der Waals surface area contributed by atoms with Gasteiger partial charge in [-0.3, -0.25) is 4.98 Å². The first-order valence-electron chi connectivity index (χ1n) is 7.44. The van der Waals surface area contributed by atoms with Gasteiger partial charge in [-0.15, -0.1) is 0 Å². The van der Waals surface area contributed by atoms with E-state index in [-0.39, 0.29) is 0 Å². The lowest BCUT2D eigenvalue weighted by molar-refractivity contribution is 0.202. The Balaban J connectivity index is 2.08. The van der Waals surface area contributed by atoms with Gasteiger partial charge in [0.05, 0.1) is 6.61 Å². The van der Waals surface area contributed by atoms with Crippen LogP contribution in [0.1, 0.15) is 25.0 Å². The van der Waals surface area contributed by atoms with Crippen molar-refractivity contribution in [3.8, 4) is 11.1 Å². The molecule has 3 nitrogen and oxygen atoms in total. The van der Waals surface area contributed by atoms with Crippen molar-refractivity contribution in [1.82, 2.24) is 10.3 Å². The van der Waals surface area contributed by atoms with Crippen molar-refractivity contribution >= 4 is 0 Å². The van der Waals surface area contributed by atoms with Crippen LogP contribution in [0.15, 0.2) is 42.7 Å². The predicted octanol–water partition coefficient (Wildman–Crippen LogP) is 3.44. The zero-order valence-electron chi connectivity index (χ0n) is 13.1. The van der Waals surface area contributed by atoms with Crippen LogP contribution >= 0.6 is 0 Å². The van der Waals surface area contributed by atoms with Crippen LogP contribution in [0, 0.1) is 0 Å². The Hall–Kier alpha value is -1.71. The Kier molecular flexibility index (Phi) is 5.90. The average molecular weight is 284 g/mol. The van der Waals surface area contributed by atoms with E-state index in [9.17, 15) is 0 Å². The summed E-state index contributed by atoms with van der Waals surface area (Å²) in [6.45, 7) is 5.91. The van der Waals surface area contributed by atoms with Gasteiger partial charge in [0, 0.05) is 37.7 Å². The summed E-state index contributed by atoms with van der Waals surface area (Å²) in [5.41, 5.74) is 4.88. The van der Waals surface area contributed by atoms with Gasteiger partial charge in [-0.2, -0.15) is 0 Å². The standard InChI is InChI=1S/C18H24N2O/c1-14(2)20-12-16-10-18(13-19-11-16)17-6-4-15(5-7-17)8-9-21-3/h4-7,10-11,13-14,20H,8-9,12H2,1-3H3. The zero-order chi connectivity index (χ0) is 15.1. The lowest BCUT2D eigenvalue weighted by Gasteiger charge is -2.09. The Bertz CT molecular complexity index is 549. The van der Waals surface area contributed by atoms with E-state index in [1.165, 1.54) is 16.7 Å². The Morgan fingerprint density at radius 2 is 1.81 bits per heavy atom. The molecule has 21 heavy (non-hydrogen) atoms. The van der Waals surface area contributed by atoms with E-state index in [0.717, 1.165) is 25.1 Å². The van der Waals surface area contributed by atoms with E-state index >= 15 is 0 Å². The highest BCUT2D eigenvalue weighted by molar-refractivity contribution is 5.63. The van der Waals surface area contributed by atoms with Crippen LogP contribution in [0.5, 0.6) is 0 Å². The maximum absolute atomic E-state index is 5.11. The normalized spacial score (nSPS) is 11.0. The molecule has 0 fully saturated rings. The first-order chi connectivity index (χ1) is 10.2. The summed E-state index contributed by atoms with van der Waals surface area (Å²) < 4.78 is 5.11. The number of benzene rings is 1. The fourth-order valence-electron chi connectivity index (χ4n) is 2.15. The summed E-state index contributed by atoms with van der Waals surface area (Å²) in [7, 11) is 1.73. The fourth-order valence-corrected chi connectivity index (χ4v) is 2.15. The molecule has 2 rings (SSSR count). The van der Waals surface area contributed by atoms with Gasteiger partial charge in [0.25, 0.3) is 0 Å². The second kappa shape index (κ2) is 7.91. The summed E-state index contributed by atoms with van der Waals surface area (Å²) in [6, 6.07) is 11.3. The van der Waals surface area contributed by atoms with E-state index in [4.69, 9.17) is 4.74 Å². The van der Waals surface area contributed by atoms with Gasteiger partial charge >= 0.3 is 0 Å². The maximum atomic E-state index is 5.11. The molecule has 0 saturated heterocycles. The number of methoxy groups -OCH3 is 1. The largest absolute Gasteiger partial charge is 0.384 e. The van der Waals surface area contributed by atoms with Crippen LogP contribution in [0.2, 0.25) is 0 Å². The Morgan fingerprint density at radius 1 is 1.05 bits per heavy atom. The molecule has 0 aliphatic rings. The SMILES string of the molecule is COCCc1ccc(-c2cncc(CNC(C)C)c2)cc1. The molecule has 1 aromatic heterocycles. The van der Waals surface area contributed by atoms with E-state index in [1.54, 1.807) is 7.11 Å². The molecule has 0 unspecified atom stereocenters. The van der Waals surface area contributed by atoms with Crippen molar-refractivity contribution in [3.63, 3.8) is 0 Å². The zero-order valence-corrected chi connectivity index (χ0v) is 13.1. The molecule has 0 amide bonds. The van der Waals surface area contributed by atoms with E-state index in [0.29, 0.717) is 6.04 Å². The predicted molar refractivity (Wildman–Crippen MR) is 87.2 cm³/mol. The third kappa shape index (κ3) is 4.96. The molecule has 2 aromatic rings. The highest BCUT2D eigenvalue weighted by atomic mass is 16.5. The quantitative estimate of drug-likeness (QED) is 0.845. The van der Waals surface area contributed by atoms with Gasteiger partial charge in [-0.1, -0.05) is 38.1 Å². The molecule has 3 heteroatoms. The lowest BCUT2D eigenvalue weighted by atomic mass is 10.0. The summed E-state index contributed by atoms with van der Waals surface area (Å²) in [6.07, 6.45) is 4.79. The smallest absolute Gasteiger partial charge is 0.0502 e. The van der Waals surface area contributed by atoms with Crippen molar-refractivity contribution in [1.29, 1.82) is 0 Å². The van der Waals surface area contributed by atoms with Gasteiger partial charge in [0.1, 0.15) is 0 Å². The number of nitrogens with zero attached hydrogens (tertiary/aromatic N) is 1. The molecule has 0 bridgehead atoms. The number of nitrogens with one attached hydrogen (secondary N) is 1. The number of hydrogen-bond acceptors (Lipinski definition) is 3. The monoisotopic (exact) mass is 284 g/mol. The molecule has 0 saturated carbocycles. The molecule has 0 spiro atoms. The minimum atomic E-state index is 0.480. The highest BCUT2D eigenvalue weighted by Gasteiger charge is 2.02. The van der Waals surface area contributed by atoms with Crippen molar-refractivity contribution in [2.75, 3.05) is 13.7 Å². The molecular formula is C18H24N2O. The molecular weight excluding hydrogens is 260 g/mol. The summed E-state index contributed by atoms with van der Waals surface area (Å²) >= 11 is 0. The Labute approximate surface area is 127 Å². The van der Waals surface area contributed by atoms with Crippen LogP contribution in [0.4, 0.5) is 0 Å². The number of rotatable bonds is 7. The molecule has 0 atom stereocenters. The topological polar surface area (TPSA) is 34.1 Å². The van der Waals surface area contributed by atoms with Crippen LogP contribution in [-0.4, -0.2) is 24.7 Å².